The molecule has 3 aromatic rings. The summed E-state index contributed by atoms with van der Waals surface area (Å²) in [5, 5.41) is 0. The fourth-order valence-electron chi connectivity index (χ4n) is 3.21. The first-order valence-corrected chi connectivity index (χ1v) is 15.7. The topological polar surface area (TPSA) is 0 Å². The molecule has 0 aliphatic carbocycles. The van der Waals surface area contributed by atoms with Gasteiger partial charge in [0.25, 0.3) is 0 Å². The summed E-state index contributed by atoms with van der Waals surface area (Å²) in [6.07, 6.45) is 0. The molecule has 0 spiro atoms. The van der Waals surface area contributed by atoms with E-state index in [1.54, 1.807) is 0 Å². The molecule has 2 heteroatoms. The average molecular weight is 506 g/mol. The van der Waals surface area contributed by atoms with Gasteiger partial charge in [-0.05, 0) is 0 Å². The zero-order valence-electron chi connectivity index (χ0n) is 17.8. The third-order valence-electron chi connectivity index (χ3n) is 5.06. The normalized spacial score (nSPS) is 13.4. The van der Waals surface area contributed by atoms with Gasteiger partial charge < -0.3 is 0 Å². The summed E-state index contributed by atoms with van der Waals surface area (Å²) in [5.74, 6) is 0. The van der Waals surface area contributed by atoms with Crippen LogP contribution in [0.3, 0.4) is 0 Å². The second kappa shape index (κ2) is 7.84. The van der Waals surface area contributed by atoms with Crippen molar-refractivity contribution in [3.05, 3.63) is 101 Å². The quantitative estimate of drug-likeness (QED) is 0.460. The molecule has 0 radical (unpaired) electrons. The second-order valence-corrected chi connectivity index (χ2v) is 18.8. The van der Waals surface area contributed by atoms with Gasteiger partial charge in [-0.15, -0.1) is 0 Å². The Morgan fingerprint density at radius 1 is 0.500 bits per heavy atom. The van der Waals surface area contributed by atoms with E-state index in [0.29, 0.717) is 0 Å². The fourth-order valence-corrected chi connectivity index (χ4v) is 11.4. The number of hydrogen-bond acceptors (Lipinski definition) is 0. The Kier molecular flexibility index (Phi) is 5.99. The monoisotopic (exact) mass is 505 g/mol. The molecule has 0 atom stereocenters. The van der Waals surface area contributed by atoms with E-state index in [-0.39, 0.29) is 10.8 Å². The fraction of sp³-hybridized carbons (Fsp3) is 0.308. The molecule has 0 aliphatic heterocycles. The van der Waals surface area contributed by atoms with Crippen LogP contribution in [0.5, 0.6) is 0 Å². The molecule has 0 aromatic heterocycles. The third kappa shape index (κ3) is 4.31. The summed E-state index contributed by atoms with van der Waals surface area (Å²) in [4.78, 5) is 0. The molecular weight excluding hydrogens is 475 g/mol. The molecule has 0 saturated carbocycles. The van der Waals surface area contributed by atoms with Crippen LogP contribution in [-0.4, -0.2) is 0 Å². The van der Waals surface area contributed by atoms with E-state index in [1.165, 1.54) is 21.8 Å². The summed E-state index contributed by atoms with van der Waals surface area (Å²) in [5.41, 5.74) is 2.96. The number of halogens is 2. The molecule has 3 rings (SSSR count). The Bertz CT molecular complexity index is 854. The van der Waals surface area contributed by atoms with Crippen molar-refractivity contribution in [1.29, 1.82) is 0 Å². The molecule has 0 bridgehead atoms. The molecule has 28 heavy (non-hydrogen) atoms. The van der Waals surface area contributed by atoms with Crippen LogP contribution in [0.2, 0.25) is 0 Å². The molecule has 0 saturated heterocycles. The van der Waals surface area contributed by atoms with Crippen molar-refractivity contribution >= 4 is 8.91 Å². The Labute approximate surface area is 178 Å². The van der Waals surface area contributed by atoms with Gasteiger partial charge in [-0.1, -0.05) is 0 Å². The molecule has 150 valence electrons. The molecule has 0 fully saturated rings. The SMILES string of the molecule is CC(C)(C)c1ccc([I-](Cl)(c2ccccc2)c2ccc(C(C)(C)C)cc2)cc1. The first-order valence-electron chi connectivity index (χ1n) is 9.76. The van der Waals surface area contributed by atoms with Gasteiger partial charge in [-0.2, -0.15) is 0 Å². The van der Waals surface area contributed by atoms with E-state index < -0.39 is 17.3 Å². The van der Waals surface area contributed by atoms with Gasteiger partial charge >= 0.3 is 179 Å². The van der Waals surface area contributed by atoms with Crippen LogP contribution in [-0.2, 0) is 10.8 Å². The maximum atomic E-state index is 7.63. The van der Waals surface area contributed by atoms with E-state index in [1.807, 2.05) is 0 Å². The summed E-state index contributed by atoms with van der Waals surface area (Å²) in [6.45, 7) is 13.5. The number of rotatable bonds is 3. The van der Waals surface area contributed by atoms with E-state index in [9.17, 15) is 0 Å². The van der Waals surface area contributed by atoms with E-state index in [0.717, 1.165) is 0 Å². The first-order chi connectivity index (χ1) is 13.0. The van der Waals surface area contributed by atoms with Crippen LogP contribution in [0.15, 0.2) is 78.9 Å². The molecule has 3 aromatic carbocycles. The Hall–Kier alpha value is -1.32. The molecular formula is C26H31ClI-. The Morgan fingerprint density at radius 3 is 1.14 bits per heavy atom. The van der Waals surface area contributed by atoms with Crippen LogP contribution in [0.4, 0.5) is 0 Å². The van der Waals surface area contributed by atoms with Crippen molar-refractivity contribution in [3.8, 4) is 0 Å². The van der Waals surface area contributed by atoms with Crippen LogP contribution in [0.1, 0.15) is 52.7 Å². The number of benzene rings is 3. The van der Waals surface area contributed by atoms with Crippen LogP contribution >= 0.6 is 8.91 Å². The summed E-state index contributed by atoms with van der Waals surface area (Å²) in [7, 11) is 7.63. The maximum absolute atomic E-state index is 7.63. The van der Waals surface area contributed by atoms with E-state index in [2.05, 4.69) is 120 Å². The van der Waals surface area contributed by atoms with E-state index >= 15 is 0 Å². The van der Waals surface area contributed by atoms with Crippen molar-refractivity contribution < 1.29 is 17.3 Å². The summed E-state index contributed by atoms with van der Waals surface area (Å²) in [6, 6.07) is 28.7. The van der Waals surface area contributed by atoms with Gasteiger partial charge in [0.1, 0.15) is 0 Å². The predicted octanol–water partition coefficient (Wildman–Crippen LogP) is 4.51. The zero-order chi connectivity index (χ0) is 20.6. The molecule has 0 unspecified atom stereocenters. The average Bonchev–Trinajstić information content (AvgIpc) is 2.67. The number of hydrogen-bond donors (Lipinski definition) is 0. The predicted molar refractivity (Wildman–Crippen MR) is 119 cm³/mol. The minimum absolute atomic E-state index is 0.140. The minimum atomic E-state index is -3.12. The second-order valence-electron chi connectivity index (χ2n) is 9.31. The van der Waals surface area contributed by atoms with Gasteiger partial charge in [0.2, 0.25) is 0 Å². The van der Waals surface area contributed by atoms with Gasteiger partial charge in [0.05, 0.1) is 0 Å². The van der Waals surface area contributed by atoms with Gasteiger partial charge in [-0.3, -0.25) is 0 Å². The molecule has 0 nitrogen and oxygen atoms in total. The summed E-state index contributed by atoms with van der Waals surface area (Å²) < 4.78 is 3.82. The van der Waals surface area contributed by atoms with Crippen molar-refractivity contribution in [2.24, 2.45) is 0 Å². The van der Waals surface area contributed by atoms with Crippen LogP contribution in [0, 0.1) is 10.7 Å². The van der Waals surface area contributed by atoms with Crippen molar-refractivity contribution in [2.45, 2.75) is 52.4 Å². The van der Waals surface area contributed by atoms with E-state index in [4.69, 9.17) is 8.91 Å². The van der Waals surface area contributed by atoms with Gasteiger partial charge in [0, 0.05) is 0 Å². The Morgan fingerprint density at radius 2 is 0.821 bits per heavy atom. The van der Waals surface area contributed by atoms with Crippen molar-refractivity contribution in [3.63, 3.8) is 0 Å². The molecule has 0 aliphatic rings. The molecule has 0 amide bonds. The zero-order valence-corrected chi connectivity index (χ0v) is 20.7. The molecule has 0 heterocycles. The van der Waals surface area contributed by atoms with Gasteiger partial charge in [0.15, 0.2) is 0 Å². The molecule has 0 N–H and O–H groups in total. The first kappa shape index (κ1) is 21.4. The Balaban J connectivity index is 2.14. The summed E-state index contributed by atoms with van der Waals surface area (Å²) >= 11 is -3.12. The standard InChI is InChI=1S/C26H31ClI/c1-25(2,3)20-12-16-23(17-13-20)28(27,22-10-8-7-9-11-22)24-18-14-21(15-19-24)26(4,5)6/h7-19H,1-6H3/q-1. The van der Waals surface area contributed by atoms with Crippen molar-refractivity contribution in [1.82, 2.24) is 0 Å². The van der Waals surface area contributed by atoms with Crippen LogP contribution in [0.25, 0.3) is 0 Å². The van der Waals surface area contributed by atoms with Crippen molar-refractivity contribution in [2.75, 3.05) is 0 Å². The third-order valence-corrected chi connectivity index (χ3v) is 15.7. The van der Waals surface area contributed by atoms with Crippen LogP contribution < -0.4 is 17.3 Å². The van der Waals surface area contributed by atoms with Gasteiger partial charge in [-0.25, -0.2) is 0 Å².